The number of benzene rings is 1. The van der Waals surface area contributed by atoms with E-state index in [4.69, 9.17) is 37.4 Å². The van der Waals surface area contributed by atoms with Crippen LogP contribution in [-0.2, 0) is 4.74 Å². The predicted molar refractivity (Wildman–Crippen MR) is 99.3 cm³/mol. The molecule has 0 radical (unpaired) electrons. The van der Waals surface area contributed by atoms with E-state index in [2.05, 4.69) is 10.4 Å². The van der Waals surface area contributed by atoms with E-state index in [1.165, 1.54) is 0 Å². The Labute approximate surface area is 157 Å². The van der Waals surface area contributed by atoms with Gasteiger partial charge in [0, 0.05) is 25.7 Å². The maximum absolute atomic E-state index is 6.45. The van der Waals surface area contributed by atoms with Gasteiger partial charge in [-0.15, -0.1) is 0 Å². The molecule has 1 aromatic carbocycles. The number of hydrogen-bond acceptors (Lipinski definition) is 7. The smallest absolute Gasteiger partial charge is 0.143 e. The molecule has 0 saturated carbocycles. The van der Waals surface area contributed by atoms with Crippen LogP contribution in [0.1, 0.15) is 6.42 Å². The van der Waals surface area contributed by atoms with Crippen molar-refractivity contribution in [2.75, 3.05) is 52.0 Å². The van der Waals surface area contributed by atoms with Gasteiger partial charge in [0.05, 0.1) is 32.6 Å². The average molecular weight is 389 g/mol. The average Bonchev–Trinajstić information content (AvgIpc) is 3.10. The number of morpholine rings is 1. The molecule has 0 amide bonds. The molecule has 1 atom stereocenters. The quantitative estimate of drug-likeness (QED) is 0.807. The van der Waals surface area contributed by atoms with Crippen molar-refractivity contribution in [2.24, 2.45) is 5.10 Å². The minimum absolute atomic E-state index is 0.224. The third-order valence-electron chi connectivity index (χ3n) is 4.22. The van der Waals surface area contributed by atoms with E-state index in [1.54, 1.807) is 26.6 Å². The predicted octanol–water partition coefficient (Wildman–Crippen LogP) is 2.41. The van der Waals surface area contributed by atoms with Gasteiger partial charge in [0.2, 0.25) is 0 Å². The fourth-order valence-corrected chi connectivity index (χ4v) is 3.58. The van der Waals surface area contributed by atoms with Crippen molar-refractivity contribution in [1.29, 1.82) is 0 Å². The Morgan fingerprint density at radius 1 is 1.28 bits per heavy atom. The van der Waals surface area contributed by atoms with Crippen LogP contribution in [0, 0.1) is 0 Å². The van der Waals surface area contributed by atoms with Crippen LogP contribution in [0.25, 0.3) is 0 Å². The summed E-state index contributed by atoms with van der Waals surface area (Å²) < 4.78 is 16.4. The summed E-state index contributed by atoms with van der Waals surface area (Å²) in [6, 6.07) is 1.67. The number of nitrogens with zero attached hydrogens (tertiary/aromatic N) is 3. The monoisotopic (exact) mass is 388 g/mol. The highest BCUT2D eigenvalue weighted by Gasteiger charge is 2.26. The van der Waals surface area contributed by atoms with Crippen LogP contribution in [0.15, 0.2) is 11.2 Å². The van der Waals surface area contributed by atoms with Gasteiger partial charge in [-0.25, -0.2) is 0 Å². The topological polar surface area (TPSA) is 58.6 Å². The maximum atomic E-state index is 6.45. The minimum Gasteiger partial charge on any atom is -0.495 e. The first kappa shape index (κ1) is 18.4. The molecule has 3 rings (SSSR count). The molecule has 0 bridgehead atoms. The third kappa shape index (κ3) is 4.06. The van der Waals surface area contributed by atoms with E-state index in [0.29, 0.717) is 33.9 Å². The highest BCUT2D eigenvalue weighted by molar-refractivity contribution is 6.41. The zero-order valence-corrected chi connectivity index (χ0v) is 15.8. The maximum Gasteiger partial charge on any atom is 0.143 e. The molecule has 2 aliphatic rings. The van der Waals surface area contributed by atoms with Gasteiger partial charge in [0.1, 0.15) is 34.6 Å². The van der Waals surface area contributed by atoms with Crippen molar-refractivity contribution in [3.8, 4) is 11.5 Å². The molecule has 1 saturated heterocycles. The van der Waals surface area contributed by atoms with Gasteiger partial charge < -0.3 is 24.4 Å². The fraction of sp³-hybridized carbons (Fsp3) is 0.562. The van der Waals surface area contributed by atoms with Gasteiger partial charge in [0.25, 0.3) is 0 Å². The van der Waals surface area contributed by atoms with Gasteiger partial charge >= 0.3 is 0 Å². The molecule has 1 N–H and O–H groups in total. The van der Waals surface area contributed by atoms with E-state index >= 15 is 0 Å². The second-order valence-electron chi connectivity index (χ2n) is 5.82. The number of halogens is 2. The van der Waals surface area contributed by atoms with Crippen molar-refractivity contribution in [3.05, 3.63) is 16.1 Å². The Morgan fingerprint density at radius 3 is 2.60 bits per heavy atom. The number of nitrogens with one attached hydrogen (secondary N) is 1. The summed E-state index contributed by atoms with van der Waals surface area (Å²) in [5.41, 5.74) is 0.626. The van der Waals surface area contributed by atoms with Crippen LogP contribution in [-0.4, -0.2) is 64.6 Å². The molecule has 2 heterocycles. The number of methoxy groups -OCH3 is 2. The van der Waals surface area contributed by atoms with Gasteiger partial charge in [-0.05, 0) is 6.42 Å². The Bertz CT molecular complexity index is 610. The number of anilines is 1. The first-order valence-corrected chi connectivity index (χ1v) is 8.87. The fourth-order valence-electron chi connectivity index (χ4n) is 2.86. The van der Waals surface area contributed by atoms with Crippen LogP contribution in [0.3, 0.4) is 0 Å². The molecule has 1 unspecified atom stereocenters. The third-order valence-corrected chi connectivity index (χ3v) is 4.95. The lowest BCUT2D eigenvalue weighted by Crippen LogP contribution is -2.40. The number of hydrazone groups is 1. The summed E-state index contributed by atoms with van der Waals surface area (Å²) in [6.07, 6.45) is 2.84. The Kier molecular flexibility index (Phi) is 6.11. The van der Waals surface area contributed by atoms with E-state index in [9.17, 15) is 0 Å². The van der Waals surface area contributed by atoms with Crippen LogP contribution in [0.2, 0.25) is 10.0 Å². The second kappa shape index (κ2) is 8.31. The van der Waals surface area contributed by atoms with E-state index < -0.39 is 0 Å². The van der Waals surface area contributed by atoms with Crippen LogP contribution in [0.4, 0.5) is 5.69 Å². The summed E-state index contributed by atoms with van der Waals surface area (Å²) in [5.74, 6) is 1.01. The Balaban J connectivity index is 1.68. The van der Waals surface area contributed by atoms with E-state index in [1.807, 2.05) is 9.91 Å². The zero-order chi connectivity index (χ0) is 17.8. The van der Waals surface area contributed by atoms with Gasteiger partial charge in [0.15, 0.2) is 0 Å². The van der Waals surface area contributed by atoms with Gasteiger partial charge in [-0.3, -0.25) is 5.01 Å². The Morgan fingerprint density at radius 2 is 2.00 bits per heavy atom. The van der Waals surface area contributed by atoms with Gasteiger partial charge in [-0.1, -0.05) is 23.2 Å². The van der Waals surface area contributed by atoms with Crippen LogP contribution < -0.4 is 19.7 Å². The molecular weight excluding hydrogens is 367 g/mol. The summed E-state index contributed by atoms with van der Waals surface area (Å²) in [4.78, 5) is 1.88. The van der Waals surface area contributed by atoms with E-state index in [-0.39, 0.29) is 6.10 Å². The molecule has 0 aliphatic carbocycles. The summed E-state index contributed by atoms with van der Waals surface area (Å²) >= 11 is 12.9. The molecule has 7 nitrogen and oxygen atoms in total. The first-order valence-electron chi connectivity index (χ1n) is 8.12. The first-order chi connectivity index (χ1) is 12.1. The standard InChI is InChI=1S/C16H22Cl2N4O3/c1-23-12-7-13(24-2)15(18)16(14(12)17)21-9-20-22(10-21)5-3-11-8-19-4-6-25-11/h7,9,11,19H,3-6,8,10H2,1-2H3. The largest absolute Gasteiger partial charge is 0.495 e. The van der Waals surface area contributed by atoms with Crippen molar-refractivity contribution in [1.82, 2.24) is 10.3 Å². The molecule has 1 fully saturated rings. The minimum atomic E-state index is 0.224. The molecule has 9 heteroatoms. The number of hydrogen-bond donors (Lipinski definition) is 1. The lowest BCUT2D eigenvalue weighted by atomic mass is 10.2. The van der Waals surface area contributed by atoms with Gasteiger partial charge in [-0.2, -0.15) is 5.10 Å². The van der Waals surface area contributed by atoms with Crippen molar-refractivity contribution in [3.63, 3.8) is 0 Å². The second-order valence-corrected chi connectivity index (χ2v) is 6.57. The molecule has 138 valence electrons. The SMILES string of the molecule is COc1cc(OC)c(Cl)c(N2C=NN(CCC3CNCCO3)C2)c1Cl. The molecular formula is C16H22Cl2N4O3. The van der Waals surface area contributed by atoms with Crippen LogP contribution >= 0.6 is 23.2 Å². The van der Waals surface area contributed by atoms with Crippen molar-refractivity contribution >= 4 is 35.2 Å². The summed E-state index contributed by atoms with van der Waals surface area (Å²) in [7, 11) is 3.11. The highest BCUT2D eigenvalue weighted by Crippen LogP contribution is 2.46. The molecule has 25 heavy (non-hydrogen) atoms. The molecule has 0 aromatic heterocycles. The lowest BCUT2D eigenvalue weighted by molar-refractivity contribution is 0.0181. The number of rotatable bonds is 6. The zero-order valence-electron chi connectivity index (χ0n) is 14.3. The lowest BCUT2D eigenvalue weighted by Gasteiger charge is -2.26. The van der Waals surface area contributed by atoms with E-state index in [0.717, 1.165) is 32.7 Å². The van der Waals surface area contributed by atoms with Crippen LogP contribution in [0.5, 0.6) is 11.5 Å². The molecule has 0 spiro atoms. The number of ether oxygens (including phenoxy) is 3. The van der Waals surface area contributed by atoms with Crippen molar-refractivity contribution < 1.29 is 14.2 Å². The van der Waals surface area contributed by atoms with Crippen molar-refractivity contribution in [2.45, 2.75) is 12.5 Å². The molecule has 1 aromatic rings. The highest BCUT2D eigenvalue weighted by atomic mass is 35.5. The molecule has 2 aliphatic heterocycles. The summed E-state index contributed by atoms with van der Waals surface area (Å²) in [5, 5.41) is 10.6. The normalized spacial score (nSPS) is 20.2. The summed E-state index contributed by atoms with van der Waals surface area (Å²) in [6.45, 7) is 3.90. The Hall–Kier alpha value is -1.41.